The van der Waals surface area contributed by atoms with Gasteiger partial charge < -0.3 is 29.3 Å². The number of amides is 2. The molecule has 3 N–H and O–H groups in total. The second kappa shape index (κ2) is 8.77. The van der Waals surface area contributed by atoms with E-state index in [4.69, 9.17) is 13.6 Å². The fourth-order valence-electron chi connectivity index (χ4n) is 2.29. The van der Waals surface area contributed by atoms with Crippen molar-refractivity contribution < 1.29 is 23.5 Å². The highest BCUT2D eigenvalue weighted by atomic mass is 16.5. The zero-order chi connectivity index (χ0) is 18.2. The number of para-hydroxylation sites is 1. The van der Waals surface area contributed by atoms with E-state index in [1.807, 2.05) is 30.3 Å². The van der Waals surface area contributed by atoms with E-state index >= 15 is 0 Å². The second-order valence-electron chi connectivity index (χ2n) is 5.49. The summed E-state index contributed by atoms with van der Waals surface area (Å²) in [5.41, 5.74) is 0. The van der Waals surface area contributed by atoms with Crippen LogP contribution in [-0.2, 0) is 0 Å². The zero-order valence-corrected chi connectivity index (χ0v) is 14.1. The summed E-state index contributed by atoms with van der Waals surface area (Å²) >= 11 is 0. The maximum absolute atomic E-state index is 11.7. The van der Waals surface area contributed by atoms with Crippen molar-refractivity contribution in [2.24, 2.45) is 0 Å². The highest BCUT2D eigenvalue weighted by Crippen LogP contribution is 2.25. The van der Waals surface area contributed by atoms with Crippen LogP contribution in [0.25, 0.3) is 11.5 Å². The van der Waals surface area contributed by atoms with Gasteiger partial charge in [0, 0.05) is 0 Å². The first-order chi connectivity index (χ1) is 12.7. The quantitative estimate of drug-likeness (QED) is 0.539. The van der Waals surface area contributed by atoms with Crippen molar-refractivity contribution in [1.29, 1.82) is 0 Å². The Hall–Kier alpha value is -3.19. The molecule has 1 aromatic carbocycles. The van der Waals surface area contributed by atoms with Crippen molar-refractivity contribution in [3.8, 4) is 17.3 Å². The van der Waals surface area contributed by atoms with Crippen LogP contribution in [0, 0.1) is 0 Å². The molecule has 0 saturated carbocycles. The molecule has 0 aliphatic rings. The smallest absolute Gasteiger partial charge is 0.315 e. The summed E-state index contributed by atoms with van der Waals surface area (Å²) in [6, 6.07) is 15.8. The van der Waals surface area contributed by atoms with Gasteiger partial charge in [-0.05, 0) is 36.4 Å². The molecule has 1 atom stereocenters. The van der Waals surface area contributed by atoms with Crippen LogP contribution in [0.5, 0.6) is 5.75 Å². The van der Waals surface area contributed by atoms with Crippen LogP contribution < -0.4 is 15.4 Å². The van der Waals surface area contributed by atoms with Crippen LogP contribution >= 0.6 is 0 Å². The van der Waals surface area contributed by atoms with Gasteiger partial charge in [0.05, 0.1) is 19.4 Å². The Kier molecular flexibility index (Phi) is 5.95. The molecular formula is C19H20N2O5. The van der Waals surface area contributed by atoms with Crippen LogP contribution in [0.1, 0.15) is 11.9 Å². The van der Waals surface area contributed by atoms with E-state index in [2.05, 4.69) is 10.6 Å². The minimum atomic E-state index is -0.954. The first-order valence-corrected chi connectivity index (χ1v) is 8.23. The number of urea groups is 1. The third kappa shape index (κ3) is 4.90. The number of nitrogens with one attached hydrogen (secondary N) is 2. The molecule has 0 radical (unpaired) electrons. The molecule has 2 aromatic heterocycles. The van der Waals surface area contributed by atoms with Crippen molar-refractivity contribution in [2.45, 2.75) is 6.10 Å². The maximum atomic E-state index is 11.7. The number of hydrogen-bond donors (Lipinski definition) is 3. The summed E-state index contributed by atoms with van der Waals surface area (Å²) in [6.45, 7) is 0.724. The van der Waals surface area contributed by atoms with Crippen molar-refractivity contribution in [3.05, 3.63) is 66.6 Å². The molecule has 0 aliphatic heterocycles. The molecule has 136 valence electrons. The standard InChI is InChI=1S/C19H20N2O5/c22-15(16-8-9-18(26-16)17-7-4-11-25-17)13-21-19(23)20-10-12-24-14-5-2-1-3-6-14/h1-9,11,15,22H,10,12-13H2,(H2,20,21,23). The SMILES string of the molecule is O=C(NCCOc1ccccc1)NCC(O)c1ccc(-c2ccco2)o1. The summed E-state index contributed by atoms with van der Waals surface area (Å²) < 4.78 is 16.2. The number of carbonyl (C=O) groups is 1. The van der Waals surface area contributed by atoms with Crippen molar-refractivity contribution >= 4 is 6.03 Å². The van der Waals surface area contributed by atoms with Crippen LogP contribution in [0.2, 0.25) is 0 Å². The van der Waals surface area contributed by atoms with Gasteiger partial charge in [-0.1, -0.05) is 18.2 Å². The third-order valence-corrected chi connectivity index (χ3v) is 3.57. The lowest BCUT2D eigenvalue weighted by Gasteiger charge is -2.11. The average Bonchev–Trinajstić information content (AvgIpc) is 3.35. The molecule has 7 heteroatoms. The molecule has 0 spiro atoms. The number of hydrogen-bond acceptors (Lipinski definition) is 5. The lowest BCUT2D eigenvalue weighted by Crippen LogP contribution is -2.39. The van der Waals surface area contributed by atoms with E-state index in [0.29, 0.717) is 30.4 Å². The van der Waals surface area contributed by atoms with Gasteiger partial charge in [0.1, 0.15) is 24.2 Å². The first-order valence-electron chi connectivity index (χ1n) is 8.23. The lowest BCUT2D eigenvalue weighted by atomic mass is 10.2. The number of rotatable bonds is 8. The summed E-state index contributed by atoms with van der Waals surface area (Å²) in [6.07, 6.45) is 0.589. The van der Waals surface area contributed by atoms with Crippen LogP contribution in [0.4, 0.5) is 4.79 Å². The monoisotopic (exact) mass is 356 g/mol. The van der Waals surface area contributed by atoms with E-state index in [9.17, 15) is 9.90 Å². The highest BCUT2D eigenvalue weighted by Gasteiger charge is 2.15. The van der Waals surface area contributed by atoms with E-state index in [-0.39, 0.29) is 6.54 Å². The van der Waals surface area contributed by atoms with E-state index < -0.39 is 12.1 Å². The summed E-state index contributed by atoms with van der Waals surface area (Å²) in [4.78, 5) is 11.7. The molecule has 26 heavy (non-hydrogen) atoms. The van der Waals surface area contributed by atoms with Gasteiger partial charge in [-0.3, -0.25) is 0 Å². The number of furan rings is 2. The molecule has 1 unspecified atom stereocenters. The maximum Gasteiger partial charge on any atom is 0.315 e. The molecule has 0 saturated heterocycles. The molecule has 3 aromatic rings. The highest BCUT2D eigenvalue weighted by molar-refractivity contribution is 5.73. The average molecular weight is 356 g/mol. The molecule has 2 amide bonds. The molecule has 2 heterocycles. The van der Waals surface area contributed by atoms with Crippen molar-refractivity contribution in [3.63, 3.8) is 0 Å². The number of benzene rings is 1. The first kappa shape index (κ1) is 17.6. The van der Waals surface area contributed by atoms with Crippen molar-refractivity contribution in [2.75, 3.05) is 19.7 Å². The Morgan fingerprint density at radius 1 is 1.04 bits per heavy atom. The van der Waals surface area contributed by atoms with Crippen molar-refractivity contribution in [1.82, 2.24) is 10.6 Å². The van der Waals surface area contributed by atoms with E-state index in [1.54, 1.807) is 30.5 Å². The molecule has 0 bridgehead atoms. The Balaban J connectivity index is 1.36. The largest absolute Gasteiger partial charge is 0.492 e. The summed E-state index contributed by atoms with van der Waals surface area (Å²) in [5, 5.41) is 15.3. The normalized spacial score (nSPS) is 11.7. The Morgan fingerprint density at radius 3 is 2.65 bits per heavy atom. The minimum absolute atomic E-state index is 0.0243. The van der Waals surface area contributed by atoms with Gasteiger partial charge in [0.2, 0.25) is 0 Å². The van der Waals surface area contributed by atoms with Crippen LogP contribution in [-0.4, -0.2) is 30.8 Å². The fraction of sp³-hybridized carbons (Fsp3) is 0.211. The summed E-state index contributed by atoms with van der Waals surface area (Å²) in [7, 11) is 0. The number of ether oxygens (including phenoxy) is 1. The Bertz CT molecular complexity index is 798. The number of aliphatic hydroxyl groups is 1. The zero-order valence-electron chi connectivity index (χ0n) is 14.1. The Morgan fingerprint density at radius 2 is 1.88 bits per heavy atom. The topological polar surface area (TPSA) is 96.9 Å². The minimum Gasteiger partial charge on any atom is -0.492 e. The molecule has 3 rings (SSSR count). The van der Waals surface area contributed by atoms with Crippen LogP contribution in [0.15, 0.2) is 69.7 Å². The Labute approximate surface area is 150 Å². The van der Waals surface area contributed by atoms with Gasteiger partial charge in [-0.15, -0.1) is 0 Å². The predicted octanol–water partition coefficient (Wildman–Crippen LogP) is 2.95. The predicted molar refractivity (Wildman–Crippen MR) is 94.7 cm³/mol. The van der Waals surface area contributed by atoms with E-state index in [0.717, 1.165) is 5.75 Å². The molecule has 7 nitrogen and oxygen atoms in total. The van der Waals surface area contributed by atoms with Gasteiger partial charge in [-0.2, -0.15) is 0 Å². The molecule has 0 aliphatic carbocycles. The molecule has 0 fully saturated rings. The summed E-state index contributed by atoms with van der Waals surface area (Å²) in [5.74, 6) is 2.19. The third-order valence-electron chi connectivity index (χ3n) is 3.57. The lowest BCUT2D eigenvalue weighted by molar-refractivity contribution is 0.148. The fourth-order valence-corrected chi connectivity index (χ4v) is 2.29. The molecular weight excluding hydrogens is 336 g/mol. The van der Waals surface area contributed by atoms with Crippen LogP contribution in [0.3, 0.4) is 0 Å². The second-order valence-corrected chi connectivity index (χ2v) is 5.49. The van der Waals surface area contributed by atoms with E-state index in [1.165, 1.54) is 0 Å². The van der Waals surface area contributed by atoms with Gasteiger partial charge in [-0.25, -0.2) is 4.79 Å². The van der Waals surface area contributed by atoms with Gasteiger partial charge in [0.25, 0.3) is 0 Å². The number of carbonyl (C=O) groups excluding carboxylic acids is 1. The number of aliphatic hydroxyl groups excluding tert-OH is 1. The van der Waals surface area contributed by atoms with Gasteiger partial charge >= 0.3 is 6.03 Å². The van der Waals surface area contributed by atoms with Gasteiger partial charge in [0.15, 0.2) is 11.5 Å².